The van der Waals surface area contributed by atoms with E-state index in [9.17, 15) is 14.4 Å². The SMILES string of the molecule is CC(C)[C@@H](NC(=O)c1nn(C)c(=O)c2ccccc12)C(N)=O. The number of carbonyl (C=O) groups excluding carboxylic acids is 2. The number of benzene rings is 1. The average molecular weight is 302 g/mol. The Bertz CT molecular complexity index is 795. The maximum atomic E-state index is 12.4. The zero-order valence-electron chi connectivity index (χ0n) is 12.7. The molecule has 0 spiro atoms. The summed E-state index contributed by atoms with van der Waals surface area (Å²) in [5.74, 6) is -1.30. The molecule has 0 aliphatic carbocycles. The molecule has 1 heterocycles. The number of hydrogen-bond donors (Lipinski definition) is 2. The van der Waals surface area contributed by atoms with Gasteiger partial charge in [-0.2, -0.15) is 5.10 Å². The van der Waals surface area contributed by atoms with E-state index in [0.717, 1.165) is 4.68 Å². The lowest BCUT2D eigenvalue weighted by molar-refractivity contribution is -0.120. The summed E-state index contributed by atoms with van der Waals surface area (Å²) in [6.07, 6.45) is 0. The Morgan fingerprint density at radius 3 is 2.36 bits per heavy atom. The van der Waals surface area contributed by atoms with Crippen molar-refractivity contribution in [1.82, 2.24) is 15.1 Å². The van der Waals surface area contributed by atoms with E-state index in [1.54, 1.807) is 38.1 Å². The molecule has 22 heavy (non-hydrogen) atoms. The number of aromatic nitrogens is 2. The molecule has 0 bridgehead atoms. The first kappa shape index (κ1) is 15.7. The van der Waals surface area contributed by atoms with Gasteiger partial charge in [-0.15, -0.1) is 0 Å². The molecule has 2 amide bonds. The highest BCUT2D eigenvalue weighted by atomic mass is 16.2. The summed E-state index contributed by atoms with van der Waals surface area (Å²) in [5, 5.41) is 7.43. The van der Waals surface area contributed by atoms with Crippen LogP contribution in [-0.4, -0.2) is 27.6 Å². The molecule has 7 heteroatoms. The smallest absolute Gasteiger partial charge is 0.274 e. The average Bonchev–Trinajstić information content (AvgIpc) is 2.47. The summed E-state index contributed by atoms with van der Waals surface area (Å²) >= 11 is 0. The fourth-order valence-corrected chi connectivity index (χ4v) is 2.24. The van der Waals surface area contributed by atoms with Crippen molar-refractivity contribution in [3.8, 4) is 0 Å². The number of primary amides is 1. The van der Waals surface area contributed by atoms with Crippen molar-refractivity contribution < 1.29 is 9.59 Å². The van der Waals surface area contributed by atoms with Crippen LogP contribution in [0, 0.1) is 5.92 Å². The Kier molecular flexibility index (Phi) is 4.25. The second-order valence-electron chi connectivity index (χ2n) is 5.42. The number of hydrogen-bond acceptors (Lipinski definition) is 4. The van der Waals surface area contributed by atoms with Gasteiger partial charge in [0, 0.05) is 12.4 Å². The Hall–Kier alpha value is -2.70. The van der Waals surface area contributed by atoms with Gasteiger partial charge in [-0.3, -0.25) is 14.4 Å². The lowest BCUT2D eigenvalue weighted by atomic mass is 10.0. The number of nitrogens with zero attached hydrogens (tertiary/aromatic N) is 2. The molecule has 1 aromatic carbocycles. The first-order chi connectivity index (χ1) is 10.3. The number of nitrogens with two attached hydrogens (primary N) is 1. The van der Waals surface area contributed by atoms with E-state index in [0.29, 0.717) is 10.8 Å². The van der Waals surface area contributed by atoms with E-state index in [1.165, 1.54) is 7.05 Å². The summed E-state index contributed by atoms with van der Waals surface area (Å²) in [6, 6.07) is 5.91. The summed E-state index contributed by atoms with van der Waals surface area (Å²) in [4.78, 5) is 35.9. The van der Waals surface area contributed by atoms with Gasteiger partial charge in [-0.25, -0.2) is 4.68 Å². The van der Waals surface area contributed by atoms with Gasteiger partial charge in [-0.1, -0.05) is 32.0 Å². The van der Waals surface area contributed by atoms with Gasteiger partial charge in [0.05, 0.1) is 5.39 Å². The summed E-state index contributed by atoms with van der Waals surface area (Å²) < 4.78 is 1.10. The van der Waals surface area contributed by atoms with E-state index in [1.807, 2.05) is 0 Å². The predicted octanol–water partition coefficient (Wildman–Crippen LogP) is 0.173. The van der Waals surface area contributed by atoms with E-state index < -0.39 is 17.9 Å². The van der Waals surface area contributed by atoms with Crippen LogP contribution in [0.1, 0.15) is 24.3 Å². The third kappa shape index (κ3) is 2.83. The van der Waals surface area contributed by atoms with Gasteiger partial charge >= 0.3 is 0 Å². The monoisotopic (exact) mass is 302 g/mol. The molecule has 0 aliphatic rings. The molecule has 0 fully saturated rings. The van der Waals surface area contributed by atoms with Crippen LogP contribution in [0.4, 0.5) is 0 Å². The maximum absolute atomic E-state index is 12.4. The largest absolute Gasteiger partial charge is 0.368 e. The van der Waals surface area contributed by atoms with Crippen molar-refractivity contribution in [3.05, 3.63) is 40.3 Å². The number of amides is 2. The molecule has 2 rings (SSSR count). The first-order valence-electron chi connectivity index (χ1n) is 6.89. The summed E-state index contributed by atoms with van der Waals surface area (Å²) in [5.41, 5.74) is 5.10. The van der Waals surface area contributed by atoms with Crippen LogP contribution in [0.3, 0.4) is 0 Å². The summed E-state index contributed by atoms with van der Waals surface area (Å²) in [7, 11) is 1.47. The fraction of sp³-hybridized carbons (Fsp3) is 0.333. The Labute approximate surface area is 127 Å². The van der Waals surface area contributed by atoms with E-state index in [4.69, 9.17) is 5.73 Å². The van der Waals surface area contributed by atoms with Crippen molar-refractivity contribution >= 4 is 22.6 Å². The second kappa shape index (κ2) is 5.97. The molecule has 1 aromatic heterocycles. The second-order valence-corrected chi connectivity index (χ2v) is 5.42. The summed E-state index contributed by atoms with van der Waals surface area (Å²) in [6.45, 7) is 3.56. The van der Waals surface area contributed by atoms with Crippen LogP contribution < -0.4 is 16.6 Å². The third-order valence-electron chi connectivity index (χ3n) is 3.43. The Balaban J connectivity index is 2.51. The van der Waals surface area contributed by atoms with Gasteiger partial charge in [0.25, 0.3) is 11.5 Å². The number of nitrogens with one attached hydrogen (secondary N) is 1. The van der Waals surface area contributed by atoms with Gasteiger partial charge in [0.2, 0.25) is 5.91 Å². The van der Waals surface area contributed by atoms with Crippen LogP contribution >= 0.6 is 0 Å². The van der Waals surface area contributed by atoms with Crippen molar-refractivity contribution in [2.75, 3.05) is 0 Å². The quantitative estimate of drug-likeness (QED) is 0.839. The highest BCUT2D eigenvalue weighted by Crippen LogP contribution is 2.13. The molecule has 116 valence electrons. The molecule has 0 aliphatic heterocycles. The third-order valence-corrected chi connectivity index (χ3v) is 3.43. The molecule has 3 N–H and O–H groups in total. The van der Waals surface area contributed by atoms with Crippen molar-refractivity contribution in [2.24, 2.45) is 18.7 Å². The minimum absolute atomic E-state index is 0.0876. The molecule has 0 saturated heterocycles. The maximum Gasteiger partial charge on any atom is 0.274 e. The number of aryl methyl sites for hydroxylation is 1. The van der Waals surface area contributed by atoms with Crippen LogP contribution in [0.15, 0.2) is 29.1 Å². The zero-order chi connectivity index (χ0) is 16.4. The number of carbonyl (C=O) groups is 2. The van der Waals surface area contributed by atoms with Gasteiger partial charge in [0.1, 0.15) is 6.04 Å². The van der Waals surface area contributed by atoms with Crippen molar-refractivity contribution in [1.29, 1.82) is 0 Å². The lowest BCUT2D eigenvalue weighted by Gasteiger charge is -2.19. The van der Waals surface area contributed by atoms with Crippen LogP contribution in [-0.2, 0) is 11.8 Å². The van der Waals surface area contributed by atoms with Crippen LogP contribution in [0.25, 0.3) is 10.8 Å². The highest BCUT2D eigenvalue weighted by molar-refractivity contribution is 6.06. The topological polar surface area (TPSA) is 107 Å². The molecular weight excluding hydrogens is 284 g/mol. The van der Waals surface area contributed by atoms with Gasteiger partial charge in [0.15, 0.2) is 5.69 Å². The normalized spacial score (nSPS) is 12.4. The highest BCUT2D eigenvalue weighted by Gasteiger charge is 2.24. The molecule has 1 atom stereocenters. The molecular formula is C15H18N4O3. The Morgan fingerprint density at radius 1 is 1.23 bits per heavy atom. The van der Waals surface area contributed by atoms with Gasteiger partial charge in [-0.05, 0) is 12.0 Å². The van der Waals surface area contributed by atoms with E-state index >= 15 is 0 Å². The number of fused-ring (bicyclic) bond motifs is 1. The zero-order valence-corrected chi connectivity index (χ0v) is 12.7. The van der Waals surface area contributed by atoms with Crippen LogP contribution in [0.5, 0.6) is 0 Å². The van der Waals surface area contributed by atoms with Gasteiger partial charge < -0.3 is 11.1 Å². The molecule has 0 saturated carbocycles. The first-order valence-corrected chi connectivity index (χ1v) is 6.89. The Morgan fingerprint density at radius 2 is 1.82 bits per heavy atom. The number of rotatable bonds is 4. The van der Waals surface area contributed by atoms with Crippen molar-refractivity contribution in [2.45, 2.75) is 19.9 Å². The molecule has 0 radical (unpaired) electrons. The fourth-order valence-electron chi connectivity index (χ4n) is 2.24. The van der Waals surface area contributed by atoms with E-state index in [-0.39, 0.29) is 17.2 Å². The minimum Gasteiger partial charge on any atom is -0.368 e. The minimum atomic E-state index is -0.801. The molecule has 2 aromatic rings. The van der Waals surface area contributed by atoms with Crippen molar-refractivity contribution in [3.63, 3.8) is 0 Å². The lowest BCUT2D eigenvalue weighted by Crippen LogP contribution is -2.48. The van der Waals surface area contributed by atoms with E-state index in [2.05, 4.69) is 10.4 Å². The molecule has 0 unspecified atom stereocenters. The molecule has 7 nitrogen and oxygen atoms in total. The predicted molar refractivity (Wildman–Crippen MR) is 82.3 cm³/mol. The standard InChI is InChI=1S/C15H18N4O3/c1-8(2)11(13(16)20)17-14(21)12-9-6-4-5-7-10(9)15(22)19(3)18-12/h4-8,11H,1-3H3,(H2,16,20)(H,17,21)/t11-/m1/s1. The van der Waals surface area contributed by atoms with Crippen LogP contribution in [0.2, 0.25) is 0 Å².